The molecule has 2 saturated heterocycles. The zero-order valence-corrected chi connectivity index (χ0v) is 20.7. The number of anilines is 1. The summed E-state index contributed by atoms with van der Waals surface area (Å²) in [6, 6.07) is 3.77. The number of likely N-dealkylation sites (tertiary alicyclic amines) is 1. The van der Waals surface area contributed by atoms with E-state index in [0.29, 0.717) is 57.7 Å². The fourth-order valence-corrected chi connectivity index (χ4v) is 4.94. The summed E-state index contributed by atoms with van der Waals surface area (Å²) in [5.41, 5.74) is -0.210. The normalized spacial score (nSPS) is 21.9. The SMILES string of the molecule is COCC[C@H]1CN(C(=O)OC(C)(C)C)C[C@@H]1c1ccc(C(F)(F)F)cc1N1CCC(C(=O)O)CC1. The second kappa shape index (κ2) is 10.6. The zero-order chi connectivity index (χ0) is 26.0. The lowest BCUT2D eigenvalue weighted by Crippen LogP contribution is -2.37. The van der Waals surface area contributed by atoms with Crippen LogP contribution in [0.4, 0.5) is 23.7 Å². The molecule has 35 heavy (non-hydrogen) atoms. The molecule has 0 spiro atoms. The van der Waals surface area contributed by atoms with Crippen molar-refractivity contribution >= 4 is 17.7 Å². The quantitative estimate of drug-likeness (QED) is 0.593. The van der Waals surface area contributed by atoms with E-state index in [9.17, 15) is 27.9 Å². The Hall–Kier alpha value is -2.49. The van der Waals surface area contributed by atoms with Crippen LogP contribution in [-0.4, -0.2) is 67.6 Å². The van der Waals surface area contributed by atoms with Gasteiger partial charge in [-0.05, 0) is 63.6 Å². The lowest BCUT2D eigenvalue weighted by molar-refractivity contribution is -0.142. The Labute approximate surface area is 204 Å². The molecule has 0 radical (unpaired) electrons. The molecule has 1 aromatic carbocycles. The number of hydrogen-bond acceptors (Lipinski definition) is 5. The number of amides is 1. The third kappa shape index (κ3) is 6.80. The Kier molecular flexibility index (Phi) is 8.24. The summed E-state index contributed by atoms with van der Waals surface area (Å²) in [6.07, 6.45) is -3.57. The van der Waals surface area contributed by atoms with Crippen molar-refractivity contribution in [2.75, 3.05) is 44.8 Å². The van der Waals surface area contributed by atoms with Gasteiger partial charge < -0.3 is 24.4 Å². The predicted molar refractivity (Wildman–Crippen MR) is 125 cm³/mol. The summed E-state index contributed by atoms with van der Waals surface area (Å²) in [4.78, 5) is 27.6. The van der Waals surface area contributed by atoms with Gasteiger partial charge in [-0.2, -0.15) is 13.2 Å². The Morgan fingerprint density at radius 2 is 1.77 bits per heavy atom. The van der Waals surface area contributed by atoms with Gasteiger partial charge in [0.25, 0.3) is 0 Å². The number of alkyl halides is 3. The first kappa shape index (κ1) is 27.1. The average molecular weight is 501 g/mol. The van der Waals surface area contributed by atoms with Crippen molar-refractivity contribution in [3.8, 4) is 0 Å². The van der Waals surface area contributed by atoms with E-state index in [1.165, 1.54) is 12.1 Å². The number of carboxylic acid groups (broad SMARTS) is 1. The van der Waals surface area contributed by atoms with Gasteiger partial charge in [0.05, 0.1) is 11.5 Å². The summed E-state index contributed by atoms with van der Waals surface area (Å²) in [5, 5.41) is 9.32. The molecule has 196 valence electrons. The Bertz CT molecular complexity index is 907. The molecule has 2 aliphatic rings. The summed E-state index contributed by atoms with van der Waals surface area (Å²) >= 11 is 0. The molecule has 0 aliphatic carbocycles. The van der Waals surface area contributed by atoms with Gasteiger partial charge in [0.1, 0.15) is 5.60 Å². The van der Waals surface area contributed by atoms with Gasteiger partial charge >= 0.3 is 18.2 Å². The summed E-state index contributed by atoms with van der Waals surface area (Å²) in [5.74, 6) is -1.59. The molecular weight excluding hydrogens is 465 g/mol. The highest BCUT2D eigenvalue weighted by Gasteiger charge is 2.40. The van der Waals surface area contributed by atoms with Crippen LogP contribution in [0.3, 0.4) is 0 Å². The molecule has 1 amide bonds. The first-order valence-electron chi connectivity index (χ1n) is 12.0. The van der Waals surface area contributed by atoms with Crippen molar-refractivity contribution in [1.29, 1.82) is 0 Å². The van der Waals surface area contributed by atoms with E-state index in [2.05, 4.69) is 0 Å². The van der Waals surface area contributed by atoms with Gasteiger partial charge in [0.2, 0.25) is 0 Å². The molecule has 2 fully saturated rings. The van der Waals surface area contributed by atoms with Crippen LogP contribution >= 0.6 is 0 Å². The van der Waals surface area contributed by atoms with Crippen LogP contribution in [0.1, 0.15) is 57.1 Å². The first-order valence-corrected chi connectivity index (χ1v) is 12.0. The predicted octanol–water partition coefficient (Wildman–Crippen LogP) is 4.99. The molecule has 2 heterocycles. The number of methoxy groups -OCH3 is 1. The summed E-state index contributed by atoms with van der Waals surface area (Å²) in [7, 11) is 1.59. The molecule has 10 heteroatoms. The topological polar surface area (TPSA) is 79.3 Å². The zero-order valence-electron chi connectivity index (χ0n) is 20.7. The number of ether oxygens (including phenoxy) is 2. The lowest BCUT2D eigenvalue weighted by atomic mass is 9.84. The van der Waals surface area contributed by atoms with Gasteiger partial charge in [-0.25, -0.2) is 4.79 Å². The van der Waals surface area contributed by atoms with E-state index in [1.54, 1.807) is 32.8 Å². The molecule has 7 nitrogen and oxygen atoms in total. The van der Waals surface area contributed by atoms with Gasteiger partial charge in [0, 0.05) is 51.5 Å². The number of rotatable bonds is 6. The molecule has 2 atom stereocenters. The van der Waals surface area contributed by atoms with E-state index in [0.717, 1.165) is 11.6 Å². The van der Waals surface area contributed by atoms with Gasteiger partial charge in [-0.15, -0.1) is 0 Å². The van der Waals surface area contributed by atoms with Gasteiger partial charge in [-0.3, -0.25) is 4.79 Å². The van der Waals surface area contributed by atoms with Crippen molar-refractivity contribution in [3.05, 3.63) is 29.3 Å². The number of nitrogens with zero attached hydrogens (tertiary/aromatic N) is 2. The highest BCUT2D eigenvalue weighted by Crippen LogP contribution is 2.43. The van der Waals surface area contributed by atoms with Crippen LogP contribution in [0.2, 0.25) is 0 Å². The van der Waals surface area contributed by atoms with Crippen LogP contribution in [0.15, 0.2) is 18.2 Å². The molecule has 0 unspecified atom stereocenters. The van der Waals surface area contributed by atoms with Crippen molar-refractivity contribution < 1.29 is 37.3 Å². The maximum atomic E-state index is 13.6. The minimum Gasteiger partial charge on any atom is -0.481 e. The molecule has 3 rings (SSSR count). The van der Waals surface area contributed by atoms with Crippen molar-refractivity contribution in [2.45, 2.75) is 57.7 Å². The van der Waals surface area contributed by atoms with Crippen molar-refractivity contribution in [1.82, 2.24) is 4.90 Å². The highest BCUT2D eigenvalue weighted by molar-refractivity contribution is 5.71. The maximum Gasteiger partial charge on any atom is 0.416 e. The molecule has 0 aromatic heterocycles. The third-order valence-electron chi connectivity index (χ3n) is 6.73. The summed E-state index contributed by atoms with van der Waals surface area (Å²) < 4.78 is 51.6. The van der Waals surface area contributed by atoms with Crippen LogP contribution in [0.5, 0.6) is 0 Å². The lowest BCUT2D eigenvalue weighted by Gasteiger charge is -2.35. The van der Waals surface area contributed by atoms with Gasteiger partial charge in [-0.1, -0.05) is 6.07 Å². The third-order valence-corrected chi connectivity index (χ3v) is 6.73. The molecule has 1 N–H and O–H groups in total. The number of halogens is 3. The highest BCUT2D eigenvalue weighted by atomic mass is 19.4. The maximum absolute atomic E-state index is 13.6. The first-order chi connectivity index (χ1) is 16.3. The number of carbonyl (C=O) groups excluding carboxylic acids is 1. The van der Waals surface area contributed by atoms with E-state index in [1.807, 2.05) is 4.90 Å². The van der Waals surface area contributed by atoms with Crippen molar-refractivity contribution in [3.63, 3.8) is 0 Å². The van der Waals surface area contributed by atoms with Crippen LogP contribution < -0.4 is 4.90 Å². The number of hydrogen-bond donors (Lipinski definition) is 1. The smallest absolute Gasteiger partial charge is 0.416 e. The second-order valence-corrected chi connectivity index (χ2v) is 10.4. The minimum atomic E-state index is -4.50. The molecule has 0 saturated carbocycles. The number of carbonyl (C=O) groups is 2. The largest absolute Gasteiger partial charge is 0.481 e. The van der Waals surface area contributed by atoms with Crippen molar-refractivity contribution in [2.24, 2.45) is 11.8 Å². The Morgan fingerprint density at radius 3 is 2.31 bits per heavy atom. The van der Waals surface area contributed by atoms with E-state index >= 15 is 0 Å². The fraction of sp³-hybridized carbons (Fsp3) is 0.680. The van der Waals surface area contributed by atoms with Gasteiger partial charge in [0.15, 0.2) is 0 Å². The number of carboxylic acids is 1. The Morgan fingerprint density at radius 1 is 1.11 bits per heavy atom. The molecule has 0 bridgehead atoms. The Balaban J connectivity index is 1.95. The monoisotopic (exact) mass is 500 g/mol. The molecule has 2 aliphatic heterocycles. The van der Waals surface area contributed by atoms with E-state index < -0.39 is 35.3 Å². The van der Waals surface area contributed by atoms with E-state index in [4.69, 9.17) is 9.47 Å². The average Bonchev–Trinajstić information content (AvgIpc) is 3.20. The van der Waals surface area contributed by atoms with E-state index in [-0.39, 0.29) is 11.8 Å². The molecular formula is C25H35F3N2O5. The van der Waals surface area contributed by atoms with Crippen LogP contribution in [-0.2, 0) is 20.4 Å². The van der Waals surface area contributed by atoms with Crippen LogP contribution in [0, 0.1) is 11.8 Å². The number of piperidine rings is 1. The standard InChI is InChI=1S/C25H35F3N2O5/c1-24(2,3)35-23(33)30-14-17(9-12-34-4)20(15-30)19-6-5-18(25(26,27)28)13-21(19)29-10-7-16(8-11-29)22(31)32/h5-6,13,16-17,20H,7-12,14-15H2,1-4H3,(H,31,32)/t17-,20-/m0/s1. The minimum absolute atomic E-state index is 0.0190. The second-order valence-electron chi connectivity index (χ2n) is 10.4. The number of aliphatic carboxylic acids is 1. The molecule has 1 aromatic rings. The number of benzene rings is 1. The van der Waals surface area contributed by atoms with Crippen LogP contribution in [0.25, 0.3) is 0 Å². The summed E-state index contributed by atoms with van der Waals surface area (Å²) in [6.45, 7) is 7.29. The fourth-order valence-electron chi connectivity index (χ4n) is 4.94.